The number of nitrogens with one attached hydrogen (secondary N) is 1. The molecule has 0 radical (unpaired) electrons. The normalized spacial score (nSPS) is 15.0. The number of fused-ring (bicyclic) bond motifs is 3. The predicted octanol–water partition coefficient (Wildman–Crippen LogP) is 7.64. The Bertz CT molecular complexity index is 1590. The topological polar surface area (TPSA) is 71.1 Å². The highest BCUT2D eigenvalue weighted by molar-refractivity contribution is 6.83. The average molecular weight is 624 g/mol. The zero-order valence-electron chi connectivity index (χ0n) is 27.6. The van der Waals surface area contributed by atoms with E-state index in [1.807, 2.05) is 50.8 Å². The van der Waals surface area contributed by atoms with Crippen molar-refractivity contribution in [1.29, 1.82) is 0 Å². The first kappa shape index (κ1) is 32.3. The third-order valence-electron chi connectivity index (χ3n) is 8.09. The van der Waals surface area contributed by atoms with Gasteiger partial charge in [-0.25, -0.2) is 9.59 Å². The first-order chi connectivity index (χ1) is 21.3. The van der Waals surface area contributed by atoms with Crippen molar-refractivity contribution in [1.82, 2.24) is 9.80 Å². The summed E-state index contributed by atoms with van der Waals surface area (Å²) in [5.41, 5.74) is 11.4. The summed E-state index contributed by atoms with van der Waals surface area (Å²) < 4.78 is 11.4. The molecule has 0 aromatic heterocycles. The standard InChI is InChI=1S/C37H45N3O4Si/c1-26-28(22-27(16-21-45(5,6)7)23-34(26)38-35(41)44-37(2,3)4)24-39-17-19-40(20-18-39)36(42)43-25-33-31-14-10-8-12-29(31)30-13-9-11-15-32(30)33/h8-15,22-23,33H,17-20,24-25H2,1-7H3,(H,38,41). The van der Waals surface area contributed by atoms with Crippen LogP contribution in [0.1, 0.15) is 54.5 Å². The van der Waals surface area contributed by atoms with E-state index in [0.29, 0.717) is 31.9 Å². The molecule has 0 unspecified atom stereocenters. The lowest BCUT2D eigenvalue weighted by atomic mass is 9.98. The predicted molar refractivity (Wildman–Crippen MR) is 183 cm³/mol. The molecule has 236 valence electrons. The molecule has 1 aliphatic heterocycles. The van der Waals surface area contributed by atoms with Gasteiger partial charge in [0.15, 0.2) is 0 Å². The molecule has 1 aliphatic carbocycles. The van der Waals surface area contributed by atoms with E-state index in [1.54, 1.807) is 0 Å². The van der Waals surface area contributed by atoms with Gasteiger partial charge in [0.2, 0.25) is 0 Å². The Hall–Kier alpha value is -4.06. The lowest BCUT2D eigenvalue weighted by molar-refractivity contribution is 0.0635. The van der Waals surface area contributed by atoms with E-state index in [2.05, 4.69) is 83.8 Å². The van der Waals surface area contributed by atoms with Crippen molar-refractivity contribution in [3.63, 3.8) is 0 Å². The van der Waals surface area contributed by atoms with Crippen molar-refractivity contribution in [3.8, 4) is 22.6 Å². The van der Waals surface area contributed by atoms with E-state index in [1.165, 1.54) is 22.3 Å². The molecule has 5 rings (SSSR count). The molecule has 1 saturated heterocycles. The Kier molecular flexibility index (Phi) is 9.43. The maximum atomic E-state index is 13.2. The fourth-order valence-electron chi connectivity index (χ4n) is 5.83. The fourth-order valence-corrected chi connectivity index (χ4v) is 6.35. The SMILES string of the molecule is Cc1c(CN2CCN(C(=O)OCC3c4ccccc4-c4ccccc43)CC2)cc(C#C[Si](C)(C)C)cc1NC(=O)OC(C)(C)C. The van der Waals surface area contributed by atoms with Crippen molar-refractivity contribution >= 4 is 25.9 Å². The highest BCUT2D eigenvalue weighted by Gasteiger charge is 2.30. The van der Waals surface area contributed by atoms with Crippen LogP contribution >= 0.6 is 0 Å². The Morgan fingerprint density at radius 3 is 2.11 bits per heavy atom. The monoisotopic (exact) mass is 623 g/mol. The molecular formula is C37H45N3O4Si. The van der Waals surface area contributed by atoms with Gasteiger partial charge in [-0.15, -0.1) is 5.54 Å². The van der Waals surface area contributed by atoms with Gasteiger partial charge < -0.3 is 14.4 Å². The molecule has 0 atom stereocenters. The number of benzene rings is 3. The van der Waals surface area contributed by atoms with Crippen molar-refractivity contribution in [2.75, 3.05) is 38.1 Å². The molecular weight excluding hydrogens is 579 g/mol. The Labute approximate surface area is 268 Å². The molecule has 1 heterocycles. The van der Waals surface area contributed by atoms with Crippen LogP contribution in [0.5, 0.6) is 0 Å². The van der Waals surface area contributed by atoms with Crippen molar-refractivity contribution < 1.29 is 19.1 Å². The zero-order chi connectivity index (χ0) is 32.4. The summed E-state index contributed by atoms with van der Waals surface area (Å²) in [6.45, 7) is 17.9. The summed E-state index contributed by atoms with van der Waals surface area (Å²) in [6.07, 6.45) is -0.747. The third-order valence-corrected chi connectivity index (χ3v) is 8.97. The minimum absolute atomic E-state index is 0.0467. The second-order valence-corrected chi connectivity index (χ2v) is 18.8. The molecule has 1 N–H and O–H groups in total. The molecule has 3 aromatic carbocycles. The molecule has 0 spiro atoms. The number of carbonyl (C=O) groups is 2. The second-order valence-electron chi connectivity index (χ2n) is 14.0. The van der Waals surface area contributed by atoms with Gasteiger partial charge in [-0.3, -0.25) is 10.2 Å². The minimum atomic E-state index is -1.60. The van der Waals surface area contributed by atoms with Crippen LogP contribution in [0.25, 0.3) is 11.1 Å². The van der Waals surface area contributed by atoms with Gasteiger partial charge >= 0.3 is 12.2 Å². The van der Waals surface area contributed by atoms with Gasteiger partial charge in [0.25, 0.3) is 0 Å². The number of carbonyl (C=O) groups excluding carboxylic acids is 2. The van der Waals surface area contributed by atoms with Crippen LogP contribution < -0.4 is 5.32 Å². The summed E-state index contributed by atoms with van der Waals surface area (Å²) in [5.74, 6) is 3.40. The number of ether oxygens (including phenoxy) is 2. The minimum Gasteiger partial charge on any atom is -0.448 e. The third kappa shape index (κ3) is 8.16. The molecule has 1 fully saturated rings. The first-order valence-corrected chi connectivity index (χ1v) is 19.3. The van der Waals surface area contributed by atoms with E-state index in [4.69, 9.17) is 9.47 Å². The average Bonchev–Trinajstić information content (AvgIpc) is 3.29. The van der Waals surface area contributed by atoms with Gasteiger partial charge in [0, 0.05) is 49.9 Å². The summed E-state index contributed by atoms with van der Waals surface area (Å²) in [6, 6.07) is 20.8. The Balaban J connectivity index is 1.22. The van der Waals surface area contributed by atoms with Crippen LogP contribution in [-0.4, -0.2) is 68.4 Å². The van der Waals surface area contributed by atoms with E-state index < -0.39 is 19.8 Å². The highest BCUT2D eigenvalue weighted by atomic mass is 28.3. The number of rotatable bonds is 5. The van der Waals surface area contributed by atoms with Crippen molar-refractivity contribution in [2.24, 2.45) is 0 Å². The van der Waals surface area contributed by atoms with Gasteiger partial charge in [0.05, 0.1) is 0 Å². The van der Waals surface area contributed by atoms with Gasteiger partial charge in [-0.05, 0) is 73.2 Å². The van der Waals surface area contributed by atoms with Crippen LogP contribution in [0.15, 0.2) is 60.7 Å². The van der Waals surface area contributed by atoms with Gasteiger partial charge in [0.1, 0.15) is 20.3 Å². The first-order valence-electron chi connectivity index (χ1n) is 15.8. The maximum Gasteiger partial charge on any atom is 0.412 e. The quantitative estimate of drug-likeness (QED) is 0.234. The smallest absolute Gasteiger partial charge is 0.412 e. The summed E-state index contributed by atoms with van der Waals surface area (Å²) in [5, 5.41) is 2.95. The van der Waals surface area contributed by atoms with Crippen molar-refractivity contribution in [3.05, 3.63) is 88.5 Å². The molecule has 45 heavy (non-hydrogen) atoms. The molecule has 3 aromatic rings. The number of anilines is 1. The maximum absolute atomic E-state index is 13.2. The zero-order valence-corrected chi connectivity index (χ0v) is 28.6. The Morgan fingerprint density at radius 1 is 0.933 bits per heavy atom. The number of hydrogen-bond donors (Lipinski definition) is 1. The van der Waals surface area contributed by atoms with Gasteiger partial charge in [-0.2, -0.15) is 0 Å². The lowest BCUT2D eigenvalue weighted by Crippen LogP contribution is -2.48. The number of nitrogens with zero attached hydrogens (tertiary/aromatic N) is 2. The summed E-state index contributed by atoms with van der Waals surface area (Å²) >= 11 is 0. The largest absolute Gasteiger partial charge is 0.448 e. The van der Waals surface area contributed by atoms with Crippen molar-refractivity contribution in [2.45, 2.75) is 65.4 Å². The van der Waals surface area contributed by atoms with E-state index in [-0.39, 0.29) is 12.0 Å². The number of amides is 2. The Morgan fingerprint density at radius 2 is 1.53 bits per heavy atom. The van der Waals surface area contributed by atoms with Crippen LogP contribution in [0.2, 0.25) is 19.6 Å². The molecule has 8 heteroatoms. The molecule has 7 nitrogen and oxygen atoms in total. The molecule has 0 saturated carbocycles. The van der Waals surface area contributed by atoms with Crippen LogP contribution in [0.4, 0.5) is 15.3 Å². The van der Waals surface area contributed by atoms with E-state index >= 15 is 0 Å². The fraction of sp³-hybridized carbons (Fsp3) is 0.405. The summed E-state index contributed by atoms with van der Waals surface area (Å²) in [4.78, 5) is 30.0. The van der Waals surface area contributed by atoms with E-state index in [0.717, 1.165) is 29.8 Å². The molecule has 0 bridgehead atoms. The molecule has 2 aliphatic rings. The molecule has 2 amide bonds. The number of piperazine rings is 1. The highest BCUT2D eigenvalue weighted by Crippen LogP contribution is 2.44. The van der Waals surface area contributed by atoms with E-state index in [9.17, 15) is 9.59 Å². The lowest BCUT2D eigenvalue weighted by Gasteiger charge is -2.34. The van der Waals surface area contributed by atoms with Crippen LogP contribution in [0.3, 0.4) is 0 Å². The summed E-state index contributed by atoms with van der Waals surface area (Å²) in [7, 11) is -1.60. The van der Waals surface area contributed by atoms with Crippen LogP contribution in [-0.2, 0) is 16.0 Å². The van der Waals surface area contributed by atoms with Crippen LogP contribution in [0, 0.1) is 18.4 Å². The van der Waals surface area contributed by atoms with Gasteiger partial charge in [-0.1, -0.05) is 74.1 Å². The second kappa shape index (κ2) is 13.1. The number of hydrogen-bond acceptors (Lipinski definition) is 5.